The summed E-state index contributed by atoms with van der Waals surface area (Å²) < 4.78 is 10.8. The minimum absolute atomic E-state index is 0.228. The van der Waals surface area contributed by atoms with Gasteiger partial charge in [-0.2, -0.15) is 0 Å². The normalized spacial score (nSPS) is 10.9. The Kier molecular flexibility index (Phi) is 6.07. The molecule has 3 aromatic rings. The molecule has 0 amide bonds. The summed E-state index contributed by atoms with van der Waals surface area (Å²) in [6.45, 7) is 1.86. The van der Waals surface area contributed by atoms with Gasteiger partial charge in [0.15, 0.2) is 5.78 Å². The van der Waals surface area contributed by atoms with Gasteiger partial charge < -0.3 is 19.4 Å². The van der Waals surface area contributed by atoms with Crippen LogP contribution in [-0.2, 0) is 4.79 Å². The van der Waals surface area contributed by atoms with Crippen LogP contribution in [0.5, 0.6) is 11.5 Å². The summed E-state index contributed by atoms with van der Waals surface area (Å²) in [6.07, 6.45) is 3.21. The third-order valence-electron chi connectivity index (χ3n) is 4.11. The Balaban J connectivity index is 1.89. The number of benzene rings is 3. The Hall–Kier alpha value is -3.60. The SMILES string of the molecule is CCOc1ccc2ccccc2c1/C=C/C(=O)c1cccc(OCC(=O)[O-])c1. The van der Waals surface area contributed by atoms with Crippen molar-refractivity contribution in [2.24, 2.45) is 0 Å². The number of hydrogen-bond acceptors (Lipinski definition) is 5. The molecule has 0 aliphatic carbocycles. The van der Waals surface area contributed by atoms with Crippen molar-refractivity contribution in [1.82, 2.24) is 0 Å². The molecule has 28 heavy (non-hydrogen) atoms. The van der Waals surface area contributed by atoms with Gasteiger partial charge in [-0.05, 0) is 48.0 Å². The Bertz CT molecular complexity index is 1040. The smallest absolute Gasteiger partial charge is 0.185 e. The number of ketones is 1. The molecule has 0 saturated carbocycles. The zero-order chi connectivity index (χ0) is 19.9. The summed E-state index contributed by atoms with van der Waals surface area (Å²) >= 11 is 0. The third kappa shape index (κ3) is 4.57. The molecular weight excluding hydrogens is 356 g/mol. The van der Waals surface area contributed by atoms with Gasteiger partial charge in [0.1, 0.15) is 18.1 Å². The number of rotatable bonds is 8. The van der Waals surface area contributed by atoms with Crippen LogP contribution in [0, 0.1) is 0 Å². The average molecular weight is 375 g/mol. The van der Waals surface area contributed by atoms with E-state index in [0.29, 0.717) is 23.7 Å². The van der Waals surface area contributed by atoms with Gasteiger partial charge in [-0.3, -0.25) is 4.79 Å². The topological polar surface area (TPSA) is 75.7 Å². The maximum Gasteiger partial charge on any atom is 0.185 e. The van der Waals surface area contributed by atoms with Crippen LogP contribution in [0.1, 0.15) is 22.8 Å². The molecule has 0 saturated heterocycles. The number of aliphatic carboxylic acids is 1. The number of allylic oxidation sites excluding steroid dienone is 1. The summed E-state index contributed by atoms with van der Waals surface area (Å²) in [5.41, 5.74) is 1.22. The summed E-state index contributed by atoms with van der Waals surface area (Å²) in [7, 11) is 0. The van der Waals surface area contributed by atoms with E-state index in [9.17, 15) is 14.7 Å². The standard InChI is InChI=1S/C23H20O5/c1-2-27-22-13-10-16-6-3-4-9-19(16)20(22)11-12-21(24)17-7-5-8-18(14-17)28-15-23(25)26/h3-14H,2,15H2,1H3,(H,25,26)/p-1/b12-11+. The van der Waals surface area contributed by atoms with Crippen LogP contribution in [0.25, 0.3) is 16.8 Å². The van der Waals surface area contributed by atoms with E-state index in [-0.39, 0.29) is 5.78 Å². The zero-order valence-electron chi connectivity index (χ0n) is 15.4. The highest BCUT2D eigenvalue weighted by Gasteiger charge is 2.08. The maximum absolute atomic E-state index is 12.6. The van der Waals surface area contributed by atoms with Crippen molar-refractivity contribution in [2.45, 2.75) is 6.92 Å². The lowest BCUT2D eigenvalue weighted by Gasteiger charge is -2.10. The fraction of sp³-hybridized carbons (Fsp3) is 0.130. The molecule has 0 unspecified atom stereocenters. The molecule has 0 heterocycles. The molecule has 0 aliphatic heterocycles. The van der Waals surface area contributed by atoms with Crippen molar-refractivity contribution in [3.8, 4) is 11.5 Å². The lowest BCUT2D eigenvalue weighted by atomic mass is 10.0. The summed E-state index contributed by atoms with van der Waals surface area (Å²) in [6, 6.07) is 18.1. The van der Waals surface area contributed by atoms with Crippen LogP contribution >= 0.6 is 0 Å². The van der Waals surface area contributed by atoms with Crippen LogP contribution in [0.2, 0.25) is 0 Å². The van der Waals surface area contributed by atoms with Crippen LogP contribution < -0.4 is 14.6 Å². The number of carboxylic acids is 1. The average Bonchev–Trinajstić information content (AvgIpc) is 2.71. The molecule has 0 spiro atoms. The highest BCUT2D eigenvalue weighted by Crippen LogP contribution is 2.29. The number of carbonyl (C=O) groups excluding carboxylic acids is 2. The van der Waals surface area contributed by atoms with E-state index >= 15 is 0 Å². The van der Waals surface area contributed by atoms with Crippen LogP contribution in [0.3, 0.4) is 0 Å². The van der Waals surface area contributed by atoms with Crippen molar-refractivity contribution >= 4 is 28.6 Å². The van der Waals surface area contributed by atoms with E-state index in [1.165, 1.54) is 12.1 Å². The molecule has 3 aromatic carbocycles. The fourth-order valence-electron chi connectivity index (χ4n) is 2.87. The van der Waals surface area contributed by atoms with E-state index < -0.39 is 12.6 Å². The van der Waals surface area contributed by atoms with Crippen molar-refractivity contribution in [1.29, 1.82) is 0 Å². The predicted octanol–water partition coefficient (Wildman–Crippen LogP) is 3.26. The molecular formula is C23H19O5-. The molecule has 142 valence electrons. The zero-order valence-corrected chi connectivity index (χ0v) is 15.4. The predicted molar refractivity (Wildman–Crippen MR) is 105 cm³/mol. The molecule has 3 rings (SSSR count). The Morgan fingerprint density at radius 2 is 1.82 bits per heavy atom. The van der Waals surface area contributed by atoms with E-state index in [1.807, 2.05) is 43.3 Å². The maximum atomic E-state index is 12.6. The number of fused-ring (bicyclic) bond motifs is 1. The third-order valence-corrected chi connectivity index (χ3v) is 4.11. The van der Waals surface area contributed by atoms with Gasteiger partial charge in [-0.1, -0.05) is 42.5 Å². The van der Waals surface area contributed by atoms with Crippen LogP contribution in [0.15, 0.2) is 66.7 Å². The quantitative estimate of drug-likeness (QED) is 0.446. The lowest BCUT2D eigenvalue weighted by Crippen LogP contribution is -2.28. The first kappa shape index (κ1) is 19.2. The van der Waals surface area contributed by atoms with Crippen molar-refractivity contribution in [3.63, 3.8) is 0 Å². The van der Waals surface area contributed by atoms with E-state index in [0.717, 1.165) is 16.3 Å². The highest BCUT2D eigenvalue weighted by atomic mass is 16.5. The highest BCUT2D eigenvalue weighted by molar-refractivity contribution is 6.08. The van der Waals surface area contributed by atoms with Gasteiger partial charge in [-0.15, -0.1) is 0 Å². The van der Waals surface area contributed by atoms with Crippen molar-refractivity contribution in [3.05, 3.63) is 77.9 Å². The molecule has 0 aromatic heterocycles. The molecule has 0 atom stereocenters. The van der Waals surface area contributed by atoms with Gasteiger partial charge in [0.25, 0.3) is 0 Å². The van der Waals surface area contributed by atoms with Gasteiger partial charge in [0, 0.05) is 11.1 Å². The van der Waals surface area contributed by atoms with Gasteiger partial charge >= 0.3 is 0 Å². The Morgan fingerprint density at radius 1 is 1.00 bits per heavy atom. The number of carbonyl (C=O) groups is 2. The number of ether oxygens (including phenoxy) is 2. The summed E-state index contributed by atoms with van der Waals surface area (Å²) in [5.74, 6) is -0.551. The second kappa shape index (κ2) is 8.86. The second-order valence-corrected chi connectivity index (χ2v) is 6.02. The first-order chi connectivity index (χ1) is 13.6. The summed E-state index contributed by atoms with van der Waals surface area (Å²) in [5, 5.41) is 12.6. The first-order valence-electron chi connectivity index (χ1n) is 8.88. The molecule has 0 aliphatic rings. The van der Waals surface area contributed by atoms with Crippen molar-refractivity contribution in [2.75, 3.05) is 13.2 Å². The first-order valence-corrected chi connectivity index (χ1v) is 8.88. The Labute approximate surface area is 162 Å². The lowest BCUT2D eigenvalue weighted by molar-refractivity contribution is -0.307. The minimum atomic E-state index is -1.32. The van der Waals surface area contributed by atoms with Crippen LogP contribution in [0.4, 0.5) is 0 Å². The van der Waals surface area contributed by atoms with E-state index in [1.54, 1.807) is 24.3 Å². The molecule has 0 bridgehead atoms. The second-order valence-electron chi connectivity index (χ2n) is 6.02. The monoisotopic (exact) mass is 375 g/mol. The molecule has 0 N–H and O–H groups in total. The van der Waals surface area contributed by atoms with E-state index in [4.69, 9.17) is 9.47 Å². The molecule has 5 nitrogen and oxygen atoms in total. The number of carboxylic acid groups (broad SMARTS) is 1. The number of hydrogen-bond donors (Lipinski definition) is 0. The van der Waals surface area contributed by atoms with Gasteiger partial charge in [-0.25, -0.2) is 0 Å². The summed E-state index contributed by atoms with van der Waals surface area (Å²) in [4.78, 5) is 23.1. The van der Waals surface area contributed by atoms with Crippen LogP contribution in [-0.4, -0.2) is 25.0 Å². The molecule has 0 radical (unpaired) electrons. The molecule has 5 heteroatoms. The van der Waals surface area contributed by atoms with E-state index in [2.05, 4.69) is 0 Å². The van der Waals surface area contributed by atoms with Crippen molar-refractivity contribution < 1.29 is 24.2 Å². The van der Waals surface area contributed by atoms with Gasteiger partial charge in [0.2, 0.25) is 0 Å². The Morgan fingerprint density at radius 3 is 2.61 bits per heavy atom. The minimum Gasteiger partial charge on any atom is -0.546 e. The largest absolute Gasteiger partial charge is 0.546 e. The molecule has 0 fully saturated rings. The fourth-order valence-corrected chi connectivity index (χ4v) is 2.87. The van der Waals surface area contributed by atoms with Gasteiger partial charge in [0.05, 0.1) is 12.6 Å².